The highest BCUT2D eigenvalue weighted by Gasteiger charge is 2.11. The van der Waals surface area contributed by atoms with Crippen molar-refractivity contribution in [2.45, 2.75) is 0 Å². The lowest BCUT2D eigenvalue weighted by Crippen LogP contribution is -1.93. The maximum absolute atomic E-state index is 10.5. The van der Waals surface area contributed by atoms with E-state index in [0.29, 0.717) is 6.29 Å². The second kappa shape index (κ2) is 3.74. The van der Waals surface area contributed by atoms with Crippen LogP contribution in [0.15, 0.2) is 6.20 Å². The predicted molar refractivity (Wildman–Crippen MR) is 46.2 cm³/mol. The molecule has 1 aromatic rings. The lowest BCUT2D eigenvalue weighted by atomic mass is 10.3. The molecule has 64 valence electrons. The van der Waals surface area contributed by atoms with Gasteiger partial charge in [0, 0.05) is 0 Å². The molecule has 0 unspecified atom stereocenters. The predicted octanol–water partition coefficient (Wildman–Crippen LogP) is 2.21. The Bertz CT molecular complexity index is 315. The van der Waals surface area contributed by atoms with Crippen LogP contribution in [0.1, 0.15) is 10.4 Å². The van der Waals surface area contributed by atoms with E-state index in [1.807, 2.05) is 0 Å². The number of aldehydes is 1. The standard InChI is InChI=1S/C7H5Cl2NO2/c1-12-7-6(9)4(3-11)5(8)2-10-7/h2-3H,1H3. The van der Waals surface area contributed by atoms with Crippen LogP contribution in [-0.2, 0) is 0 Å². The molecule has 1 rings (SSSR count). The van der Waals surface area contributed by atoms with Gasteiger partial charge < -0.3 is 4.74 Å². The SMILES string of the molecule is COc1ncc(Cl)c(C=O)c1Cl. The molecule has 0 aliphatic rings. The molecule has 0 atom stereocenters. The monoisotopic (exact) mass is 205 g/mol. The van der Waals surface area contributed by atoms with Crippen LogP contribution in [0.5, 0.6) is 5.88 Å². The molecule has 0 bridgehead atoms. The molecule has 0 aliphatic heterocycles. The first-order valence-electron chi connectivity index (χ1n) is 3.04. The van der Waals surface area contributed by atoms with E-state index >= 15 is 0 Å². The molecule has 0 fully saturated rings. The maximum Gasteiger partial charge on any atom is 0.233 e. The average Bonchev–Trinajstić information content (AvgIpc) is 2.06. The van der Waals surface area contributed by atoms with Crippen LogP contribution >= 0.6 is 23.2 Å². The second-order valence-electron chi connectivity index (χ2n) is 1.96. The van der Waals surface area contributed by atoms with E-state index in [1.165, 1.54) is 13.3 Å². The van der Waals surface area contributed by atoms with Crippen LogP contribution in [0.4, 0.5) is 0 Å². The van der Waals surface area contributed by atoms with Gasteiger partial charge in [0.15, 0.2) is 6.29 Å². The molecule has 0 saturated carbocycles. The molecular formula is C7H5Cl2NO2. The molecule has 0 amide bonds. The van der Waals surface area contributed by atoms with Crippen LogP contribution in [0.3, 0.4) is 0 Å². The minimum Gasteiger partial charge on any atom is -0.480 e. The smallest absolute Gasteiger partial charge is 0.233 e. The number of pyridine rings is 1. The van der Waals surface area contributed by atoms with E-state index in [1.54, 1.807) is 0 Å². The Morgan fingerprint density at radius 3 is 2.75 bits per heavy atom. The summed E-state index contributed by atoms with van der Waals surface area (Å²) in [5.41, 5.74) is 0.199. The summed E-state index contributed by atoms with van der Waals surface area (Å²) in [6.45, 7) is 0. The quantitative estimate of drug-likeness (QED) is 0.696. The molecule has 0 spiro atoms. The number of carbonyl (C=O) groups excluding carboxylic acids is 1. The van der Waals surface area contributed by atoms with Gasteiger partial charge in [0.2, 0.25) is 5.88 Å². The van der Waals surface area contributed by atoms with E-state index in [4.69, 9.17) is 27.9 Å². The van der Waals surface area contributed by atoms with Gasteiger partial charge in [-0.15, -0.1) is 0 Å². The fourth-order valence-corrected chi connectivity index (χ4v) is 1.22. The summed E-state index contributed by atoms with van der Waals surface area (Å²) in [6, 6.07) is 0. The third-order valence-corrected chi connectivity index (χ3v) is 1.95. The number of nitrogens with zero attached hydrogens (tertiary/aromatic N) is 1. The Morgan fingerprint density at radius 2 is 2.25 bits per heavy atom. The van der Waals surface area contributed by atoms with Gasteiger partial charge in [0.25, 0.3) is 0 Å². The molecule has 0 aromatic carbocycles. The van der Waals surface area contributed by atoms with Crippen molar-refractivity contribution in [1.29, 1.82) is 0 Å². The van der Waals surface area contributed by atoms with Crippen LogP contribution < -0.4 is 4.74 Å². The minimum absolute atomic E-state index is 0.139. The lowest BCUT2D eigenvalue weighted by molar-refractivity contribution is 0.112. The van der Waals surface area contributed by atoms with Crippen molar-refractivity contribution in [3.63, 3.8) is 0 Å². The van der Waals surface area contributed by atoms with Crippen molar-refractivity contribution < 1.29 is 9.53 Å². The molecule has 0 aliphatic carbocycles. The highest BCUT2D eigenvalue weighted by atomic mass is 35.5. The van der Waals surface area contributed by atoms with E-state index in [2.05, 4.69) is 4.98 Å². The molecule has 3 nitrogen and oxygen atoms in total. The number of halogens is 2. The fourth-order valence-electron chi connectivity index (χ4n) is 0.712. The van der Waals surface area contributed by atoms with Crippen molar-refractivity contribution in [2.24, 2.45) is 0 Å². The lowest BCUT2D eigenvalue weighted by Gasteiger charge is -2.03. The normalized spacial score (nSPS) is 9.58. The van der Waals surface area contributed by atoms with Crippen molar-refractivity contribution in [1.82, 2.24) is 4.98 Å². The van der Waals surface area contributed by atoms with Crippen LogP contribution in [-0.4, -0.2) is 18.4 Å². The summed E-state index contributed by atoms with van der Waals surface area (Å²) in [5.74, 6) is 0.197. The van der Waals surface area contributed by atoms with Gasteiger partial charge >= 0.3 is 0 Å². The third kappa shape index (κ3) is 1.52. The number of hydrogen-bond acceptors (Lipinski definition) is 3. The van der Waals surface area contributed by atoms with E-state index in [-0.39, 0.29) is 21.5 Å². The fraction of sp³-hybridized carbons (Fsp3) is 0.143. The summed E-state index contributed by atoms with van der Waals surface area (Å²) >= 11 is 11.3. The van der Waals surface area contributed by atoms with Gasteiger partial charge in [0.05, 0.1) is 23.9 Å². The zero-order valence-corrected chi connectivity index (χ0v) is 7.69. The first-order valence-corrected chi connectivity index (χ1v) is 3.79. The molecule has 0 radical (unpaired) electrons. The summed E-state index contributed by atoms with van der Waals surface area (Å²) in [5, 5.41) is 0.357. The largest absolute Gasteiger partial charge is 0.480 e. The first kappa shape index (κ1) is 9.29. The Hall–Kier alpha value is -0.800. The Morgan fingerprint density at radius 1 is 1.58 bits per heavy atom. The van der Waals surface area contributed by atoms with Crippen molar-refractivity contribution in [3.8, 4) is 5.88 Å². The Labute approximate surface area is 79.3 Å². The highest BCUT2D eigenvalue weighted by molar-refractivity contribution is 6.39. The van der Waals surface area contributed by atoms with Crippen molar-refractivity contribution in [2.75, 3.05) is 7.11 Å². The van der Waals surface area contributed by atoms with Gasteiger partial charge in [-0.05, 0) is 0 Å². The number of carbonyl (C=O) groups is 1. The van der Waals surface area contributed by atoms with Crippen molar-refractivity contribution >= 4 is 29.5 Å². The summed E-state index contributed by atoms with van der Waals surface area (Å²) < 4.78 is 4.78. The van der Waals surface area contributed by atoms with Gasteiger partial charge in [-0.25, -0.2) is 4.98 Å². The molecular weight excluding hydrogens is 201 g/mol. The summed E-state index contributed by atoms with van der Waals surface area (Å²) in [7, 11) is 1.41. The Balaban J connectivity index is 3.33. The number of aromatic nitrogens is 1. The van der Waals surface area contributed by atoms with Crippen LogP contribution in [0.2, 0.25) is 10.0 Å². The molecule has 1 aromatic heterocycles. The van der Waals surface area contributed by atoms with Gasteiger partial charge in [-0.2, -0.15) is 0 Å². The molecule has 5 heteroatoms. The van der Waals surface area contributed by atoms with Crippen molar-refractivity contribution in [3.05, 3.63) is 21.8 Å². The van der Waals surface area contributed by atoms with E-state index < -0.39 is 0 Å². The number of ether oxygens (including phenoxy) is 1. The Kier molecular flexibility index (Phi) is 2.89. The van der Waals surface area contributed by atoms with Crippen LogP contribution in [0.25, 0.3) is 0 Å². The second-order valence-corrected chi connectivity index (χ2v) is 2.75. The topological polar surface area (TPSA) is 39.2 Å². The number of rotatable bonds is 2. The highest BCUT2D eigenvalue weighted by Crippen LogP contribution is 2.29. The van der Waals surface area contributed by atoms with Crippen LogP contribution in [0, 0.1) is 0 Å². The number of methoxy groups -OCH3 is 1. The zero-order chi connectivity index (χ0) is 9.14. The summed E-state index contributed by atoms with van der Waals surface area (Å²) in [4.78, 5) is 14.2. The summed E-state index contributed by atoms with van der Waals surface area (Å²) in [6.07, 6.45) is 1.88. The molecule has 1 heterocycles. The first-order chi connectivity index (χ1) is 5.70. The van der Waals surface area contributed by atoms with E-state index in [9.17, 15) is 4.79 Å². The molecule has 0 N–H and O–H groups in total. The molecule has 12 heavy (non-hydrogen) atoms. The number of hydrogen-bond donors (Lipinski definition) is 0. The van der Waals surface area contributed by atoms with Gasteiger partial charge in [-0.3, -0.25) is 4.79 Å². The maximum atomic E-state index is 10.5. The van der Waals surface area contributed by atoms with Gasteiger partial charge in [-0.1, -0.05) is 23.2 Å². The van der Waals surface area contributed by atoms with Gasteiger partial charge in [0.1, 0.15) is 5.02 Å². The third-order valence-electron chi connectivity index (χ3n) is 1.29. The zero-order valence-electron chi connectivity index (χ0n) is 6.17. The molecule has 0 saturated heterocycles. The van der Waals surface area contributed by atoms with E-state index in [0.717, 1.165) is 0 Å². The average molecular weight is 206 g/mol. The minimum atomic E-state index is 0.139.